The Hall–Kier alpha value is -1.27. The second kappa shape index (κ2) is 3.85. The van der Waals surface area contributed by atoms with Gasteiger partial charge in [0.05, 0.1) is 19.4 Å². The van der Waals surface area contributed by atoms with Crippen LogP contribution in [-0.4, -0.2) is 36.2 Å². The van der Waals surface area contributed by atoms with E-state index in [1.165, 1.54) is 0 Å². The third-order valence-electron chi connectivity index (χ3n) is 1.90. The standard InChI is InChI=1S/C8H13N3O3/c1-12-5-11-2-7(9)8(10-11)14-6-3-13-4-6/h2,6H,3-5,9H2,1H3. The fourth-order valence-corrected chi connectivity index (χ4v) is 1.15. The van der Waals surface area contributed by atoms with E-state index in [9.17, 15) is 0 Å². The minimum Gasteiger partial charge on any atom is -0.467 e. The quantitative estimate of drug-likeness (QED) is 0.730. The highest BCUT2D eigenvalue weighted by atomic mass is 16.6. The molecule has 6 nitrogen and oxygen atoms in total. The summed E-state index contributed by atoms with van der Waals surface area (Å²) in [5.74, 6) is 0.454. The number of rotatable bonds is 4. The number of hydrogen-bond donors (Lipinski definition) is 1. The molecule has 1 aliphatic heterocycles. The largest absolute Gasteiger partial charge is 0.467 e. The van der Waals surface area contributed by atoms with Gasteiger partial charge in [0.2, 0.25) is 0 Å². The average Bonchev–Trinajstić information content (AvgIpc) is 2.40. The Morgan fingerprint density at radius 1 is 1.71 bits per heavy atom. The summed E-state index contributed by atoms with van der Waals surface area (Å²) in [7, 11) is 1.60. The second-order valence-electron chi connectivity index (χ2n) is 3.12. The van der Waals surface area contributed by atoms with E-state index in [1.807, 2.05) is 0 Å². The fraction of sp³-hybridized carbons (Fsp3) is 0.625. The third-order valence-corrected chi connectivity index (χ3v) is 1.90. The van der Waals surface area contributed by atoms with Gasteiger partial charge in [-0.1, -0.05) is 0 Å². The van der Waals surface area contributed by atoms with Gasteiger partial charge in [0.1, 0.15) is 18.5 Å². The van der Waals surface area contributed by atoms with E-state index in [4.69, 9.17) is 19.9 Å². The lowest BCUT2D eigenvalue weighted by molar-refractivity contribution is -0.0814. The molecule has 0 unspecified atom stereocenters. The minimum atomic E-state index is 0.0863. The van der Waals surface area contributed by atoms with Crippen molar-refractivity contribution in [1.82, 2.24) is 9.78 Å². The van der Waals surface area contributed by atoms with E-state index in [0.717, 1.165) is 0 Å². The van der Waals surface area contributed by atoms with Crippen LogP contribution in [0.4, 0.5) is 5.69 Å². The van der Waals surface area contributed by atoms with Crippen LogP contribution in [0.1, 0.15) is 0 Å². The lowest BCUT2D eigenvalue weighted by Gasteiger charge is -2.25. The summed E-state index contributed by atoms with van der Waals surface area (Å²) in [6, 6.07) is 0. The van der Waals surface area contributed by atoms with E-state index in [2.05, 4.69) is 5.10 Å². The first-order valence-corrected chi connectivity index (χ1v) is 4.36. The first-order chi connectivity index (χ1) is 6.79. The molecule has 14 heavy (non-hydrogen) atoms. The fourth-order valence-electron chi connectivity index (χ4n) is 1.15. The number of nitrogens with two attached hydrogens (primary N) is 1. The minimum absolute atomic E-state index is 0.0863. The van der Waals surface area contributed by atoms with Crippen LogP contribution in [0, 0.1) is 0 Å². The molecule has 0 amide bonds. The molecule has 0 saturated carbocycles. The summed E-state index contributed by atoms with van der Waals surface area (Å²) in [6.07, 6.45) is 1.77. The maximum Gasteiger partial charge on any atom is 0.256 e. The molecular formula is C8H13N3O3. The molecule has 0 atom stereocenters. The molecule has 2 heterocycles. The predicted octanol–water partition coefficient (Wildman–Crippen LogP) is -0.153. The number of aromatic nitrogens is 2. The zero-order valence-corrected chi connectivity index (χ0v) is 7.97. The Morgan fingerprint density at radius 3 is 3.07 bits per heavy atom. The van der Waals surface area contributed by atoms with Crippen LogP contribution in [-0.2, 0) is 16.2 Å². The van der Waals surface area contributed by atoms with Crippen LogP contribution >= 0.6 is 0 Å². The van der Waals surface area contributed by atoms with Crippen LogP contribution in [0.5, 0.6) is 5.88 Å². The second-order valence-corrected chi connectivity index (χ2v) is 3.12. The van der Waals surface area contributed by atoms with Crippen LogP contribution in [0.15, 0.2) is 6.20 Å². The van der Waals surface area contributed by atoms with Crippen molar-refractivity contribution in [3.05, 3.63) is 6.20 Å². The Labute approximate surface area is 81.5 Å². The smallest absolute Gasteiger partial charge is 0.256 e. The summed E-state index contributed by atoms with van der Waals surface area (Å²) in [5, 5.41) is 4.11. The monoisotopic (exact) mass is 199 g/mol. The van der Waals surface area contributed by atoms with Crippen molar-refractivity contribution >= 4 is 5.69 Å². The van der Waals surface area contributed by atoms with Crippen molar-refractivity contribution in [2.45, 2.75) is 12.8 Å². The summed E-state index contributed by atoms with van der Waals surface area (Å²) in [5.41, 5.74) is 6.22. The highest BCUT2D eigenvalue weighted by molar-refractivity contribution is 5.45. The van der Waals surface area contributed by atoms with Gasteiger partial charge in [-0.05, 0) is 0 Å². The molecule has 78 valence electrons. The summed E-state index contributed by atoms with van der Waals surface area (Å²) in [4.78, 5) is 0. The van der Waals surface area contributed by atoms with Gasteiger partial charge in [0.15, 0.2) is 0 Å². The molecule has 0 radical (unpaired) electrons. The van der Waals surface area contributed by atoms with Crippen LogP contribution < -0.4 is 10.5 Å². The molecule has 0 aliphatic carbocycles. The molecule has 1 aromatic heterocycles. The van der Waals surface area contributed by atoms with E-state index >= 15 is 0 Å². The highest BCUT2D eigenvalue weighted by Crippen LogP contribution is 2.21. The zero-order chi connectivity index (χ0) is 9.97. The number of nitrogens with zero attached hydrogens (tertiary/aromatic N) is 2. The van der Waals surface area contributed by atoms with Gasteiger partial charge in [-0.3, -0.25) is 0 Å². The molecule has 1 saturated heterocycles. The number of methoxy groups -OCH3 is 1. The predicted molar refractivity (Wildman–Crippen MR) is 48.9 cm³/mol. The molecular weight excluding hydrogens is 186 g/mol. The number of anilines is 1. The topological polar surface area (TPSA) is 71.5 Å². The van der Waals surface area contributed by atoms with Crippen molar-refractivity contribution in [3.8, 4) is 5.88 Å². The van der Waals surface area contributed by atoms with Gasteiger partial charge < -0.3 is 19.9 Å². The van der Waals surface area contributed by atoms with Gasteiger partial charge in [-0.15, -0.1) is 5.10 Å². The SMILES string of the molecule is COCn1cc(N)c(OC2COC2)n1. The molecule has 1 aromatic rings. The lowest BCUT2D eigenvalue weighted by Crippen LogP contribution is -2.38. The Bertz CT molecular complexity index is 309. The van der Waals surface area contributed by atoms with Gasteiger partial charge in [0, 0.05) is 7.11 Å². The molecule has 2 rings (SSSR count). The molecule has 0 spiro atoms. The van der Waals surface area contributed by atoms with Crippen molar-refractivity contribution in [3.63, 3.8) is 0 Å². The summed E-state index contributed by atoms with van der Waals surface area (Å²) in [6.45, 7) is 1.59. The molecule has 1 aliphatic rings. The maximum atomic E-state index is 5.69. The Balaban J connectivity index is 2.00. The van der Waals surface area contributed by atoms with Crippen molar-refractivity contribution in [2.24, 2.45) is 0 Å². The summed E-state index contributed by atoms with van der Waals surface area (Å²) >= 11 is 0. The van der Waals surface area contributed by atoms with Gasteiger partial charge in [-0.25, -0.2) is 4.68 Å². The van der Waals surface area contributed by atoms with E-state index < -0.39 is 0 Å². The maximum absolute atomic E-state index is 5.69. The van der Waals surface area contributed by atoms with Crippen LogP contribution in [0.3, 0.4) is 0 Å². The van der Waals surface area contributed by atoms with Gasteiger partial charge >= 0.3 is 0 Å². The number of hydrogen-bond acceptors (Lipinski definition) is 5. The summed E-state index contributed by atoms with van der Waals surface area (Å²) < 4.78 is 16.9. The average molecular weight is 199 g/mol. The van der Waals surface area contributed by atoms with Gasteiger partial charge in [0.25, 0.3) is 5.88 Å². The zero-order valence-electron chi connectivity index (χ0n) is 7.97. The van der Waals surface area contributed by atoms with E-state index in [1.54, 1.807) is 18.0 Å². The Kier molecular flexibility index (Phi) is 2.55. The molecule has 1 fully saturated rings. The van der Waals surface area contributed by atoms with Crippen molar-refractivity contribution in [1.29, 1.82) is 0 Å². The first-order valence-electron chi connectivity index (χ1n) is 4.36. The number of ether oxygens (including phenoxy) is 3. The third kappa shape index (κ3) is 1.80. The Morgan fingerprint density at radius 2 is 2.50 bits per heavy atom. The molecule has 0 aromatic carbocycles. The normalized spacial score (nSPS) is 16.6. The van der Waals surface area contributed by atoms with Crippen molar-refractivity contribution < 1.29 is 14.2 Å². The highest BCUT2D eigenvalue weighted by Gasteiger charge is 2.22. The van der Waals surface area contributed by atoms with Crippen LogP contribution in [0.25, 0.3) is 0 Å². The number of nitrogen functional groups attached to an aromatic ring is 1. The van der Waals surface area contributed by atoms with Crippen LogP contribution in [0.2, 0.25) is 0 Å². The molecule has 0 bridgehead atoms. The first kappa shape index (κ1) is 9.29. The van der Waals surface area contributed by atoms with E-state index in [-0.39, 0.29) is 6.10 Å². The van der Waals surface area contributed by atoms with Crippen molar-refractivity contribution in [2.75, 3.05) is 26.1 Å². The van der Waals surface area contributed by atoms with E-state index in [0.29, 0.717) is 31.5 Å². The molecule has 6 heteroatoms. The lowest BCUT2D eigenvalue weighted by atomic mass is 10.3. The molecule has 2 N–H and O–H groups in total. The van der Waals surface area contributed by atoms with Gasteiger partial charge in [-0.2, -0.15) is 0 Å².